The maximum absolute atomic E-state index is 9.27. The van der Waals surface area contributed by atoms with Crippen molar-refractivity contribution < 1.29 is 5.11 Å². The Morgan fingerprint density at radius 1 is 1.13 bits per heavy atom. The number of para-hydroxylation sites is 1. The molecule has 4 heteroatoms. The fraction of sp³-hybridized carbons (Fsp3) is 0.632. The van der Waals surface area contributed by atoms with Gasteiger partial charge in [-0.05, 0) is 56.7 Å². The van der Waals surface area contributed by atoms with Crippen molar-refractivity contribution in [2.75, 3.05) is 37.7 Å². The number of nitriles is 1. The van der Waals surface area contributed by atoms with Crippen LogP contribution in [0.5, 0.6) is 0 Å². The largest absolute Gasteiger partial charge is 0.396 e. The van der Waals surface area contributed by atoms with Crippen molar-refractivity contribution in [2.45, 2.75) is 38.1 Å². The number of likely N-dealkylation sites (tertiary alicyclic amines) is 1. The van der Waals surface area contributed by atoms with Crippen LogP contribution in [-0.4, -0.2) is 48.8 Å². The van der Waals surface area contributed by atoms with Crippen LogP contribution in [0.25, 0.3) is 0 Å². The Kier molecular flexibility index (Phi) is 5.53. The molecule has 1 N–H and O–H groups in total. The molecule has 0 amide bonds. The van der Waals surface area contributed by atoms with Crippen molar-refractivity contribution in [3.05, 3.63) is 29.8 Å². The van der Waals surface area contributed by atoms with Crippen LogP contribution >= 0.6 is 0 Å². The molecule has 1 aromatic rings. The van der Waals surface area contributed by atoms with E-state index in [2.05, 4.69) is 21.9 Å². The summed E-state index contributed by atoms with van der Waals surface area (Å²) in [6.07, 6.45) is 5.78. The van der Waals surface area contributed by atoms with E-state index in [4.69, 9.17) is 5.11 Å². The average molecular weight is 313 g/mol. The first-order valence-electron chi connectivity index (χ1n) is 8.91. The van der Waals surface area contributed by atoms with E-state index >= 15 is 0 Å². The molecule has 3 rings (SSSR count). The van der Waals surface area contributed by atoms with E-state index in [0.29, 0.717) is 12.6 Å². The fourth-order valence-corrected chi connectivity index (χ4v) is 4.13. The number of aliphatic hydroxyl groups excluding tert-OH is 1. The summed E-state index contributed by atoms with van der Waals surface area (Å²) in [5, 5.41) is 18.3. The van der Waals surface area contributed by atoms with Crippen LogP contribution in [0.4, 0.5) is 5.69 Å². The van der Waals surface area contributed by atoms with Crippen molar-refractivity contribution in [1.82, 2.24) is 4.90 Å². The van der Waals surface area contributed by atoms with E-state index in [1.165, 1.54) is 38.8 Å². The van der Waals surface area contributed by atoms with E-state index in [1.807, 2.05) is 18.2 Å². The van der Waals surface area contributed by atoms with Crippen molar-refractivity contribution in [3.8, 4) is 6.07 Å². The van der Waals surface area contributed by atoms with E-state index in [-0.39, 0.29) is 0 Å². The molecule has 1 unspecified atom stereocenters. The van der Waals surface area contributed by atoms with E-state index in [0.717, 1.165) is 36.7 Å². The zero-order chi connectivity index (χ0) is 16.1. The van der Waals surface area contributed by atoms with Crippen molar-refractivity contribution in [1.29, 1.82) is 5.26 Å². The summed E-state index contributed by atoms with van der Waals surface area (Å²) in [6.45, 7) is 4.84. The van der Waals surface area contributed by atoms with Gasteiger partial charge in [0.2, 0.25) is 0 Å². The van der Waals surface area contributed by atoms with Crippen molar-refractivity contribution in [2.24, 2.45) is 5.92 Å². The Labute approximate surface area is 139 Å². The number of piperidine rings is 1. The Morgan fingerprint density at radius 2 is 1.91 bits per heavy atom. The lowest BCUT2D eigenvalue weighted by Gasteiger charge is -2.38. The third-order valence-corrected chi connectivity index (χ3v) is 5.43. The van der Waals surface area contributed by atoms with Crippen LogP contribution in [0.3, 0.4) is 0 Å². The standard InChI is InChI=1S/C19H27N3O/c20-14-17-5-1-2-6-19(17)21-11-8-18(9-12-21)22-10-7-16(15-22)4-3-13-23/h1-2,5-6,16,18,23H,3-4,7-13,15H2. The Hall–Kier alpha value is -1.57. The number of aliphatic hydroxyl groups is 1. The molecule has 4 nitrogen and oxygen atoms in total. The average Bonchev–Trinajstić information content (AvgIpc) is 3.09. The zero-order valence-electron chi connectivity index (χ0n) is 13.8. The highest BCUT2D eigenvalue weighted by Crippen LogP contribution is 2.29. The molecule has 2 aliphatic heterocycles. The topological polar surface area (TPSA) is 50.5 Å². The van der Waals surface area contributed by atoms with Gasteiger partial charge in [-0.3, -0.25) is 4.90 Å². The lowest BCUT2D eigenvalue weighted by molar-refractivity contribution is 0.197. The fourth-order valence-electron chi connectivity index (χ4n) is 4.13. The predicted molar refractivity (Wildman–Crippen MR) is 92.4 cm³/mol. The van der Waals surface area contributed by atoms with Gasteiger partial charge in [-0.25, -0.2) is 0 Å². The molecule has 1 atom stereocenters. The third-order valence-electron chi connectivity index (χ3n) is 5.43. The first-order chi connectivity index (χ1) is 11.3. The summed E-state index contributed by atoms with van der Waals surface area (Å²) < 4.78 is 0. The minimum absolute atomic E-state index is 0.327. The molecule has 0 radical (unpaired) electrons. The highest BCUT2D eigenvalue weighted by Gasteiger charge is 2.30. The Bertz CT molecular complexity index is 546. The molecule has 2 heterocycles. The molecular formula is C19H27N3O. The molecule has 2 aliphatic rings. The van der Waals surface area contributed by atoms with Gasteiger partial charge in [0, 0.05) is 32.3 Å². The van der Waals surface area contributed by atoms with E-state index < -0.39 is 0 Å². The number of rotatable bonds is 5. The molecule has 2 saturated heterocycles. The van der Waals surface area contributed by atoms with E-state index in [9.17, 15) is 5.26 Å². The number of nitrogens with zero attached hydrogens (tertiary/aromatic N) is 3. The van der Waals surface area contributed by atoms with Gasteiger partial charge in [0.05, 0.1) is 11.3 Å². The molecular weight excluding hydrogens is 286 g/mol. The second-order valence-corrected chi connectivity index (χ2v) is 6.86. The van der Waals surface area contributed by atoms with Crippen LogP contribution in [0.1, 0.15) is 37.7 Å². The number of hydrogen-bond donors (Lipinski definition) is 1. The molecule has 0 saturated carbocycles. The lowest BCUT2D eigenvalue weighted by Crippen LogP contribution is -2.44. The van der Waals surface area contributed by atoms with Gasteiger partial charge in [-0.2, -0.15) is 5.26 Å². The van der Waals surface area contributed by atoms with Crippen molar-refractivity contribution in [3.63, 3.8) is 0 Å². The van der Waals surface area contributed by atoms with Gasteiger partial charge in [0.1, 0.15) is 6.07 Å². The molecule has 0 bridgehead atoms. The second kappa shape index (κ2) is 7.81. The summed E-state index contributed by atoms with van der Waals surface area (Å²) in [7, 11) is 0. The number of benzene rings is 1. The number of anilines is 1. The van der Waals surface area contributed by atoms with Gasteiger partial charge in [0.15, 0.2) is 0 Å². The molecule has 23 heavy (non-hydrogen) atoms. The summed E-state index contributed by atoms with van der Waals surface area (Å²) in [5.74, 6) is 0.777. The zero-order valence-corrected chi connectivity index (χ0v) is 13.8. The lowest BCUT2D eigenvalue weighted by atomic mass is 10.0. The van der Waals surface area contributed by atoms with Crippen LogP contribution in [0, 0.1) is 17.2 Å². The molecule has 0 aromatic heterocycles. The van der Waals surface area contributed by atoms with Gasteiger partial charge in [-0.15, -0.1) is 0 Å². The van der Waals surface area contributed by atoms with Crippen LogP contribution in [0.2, 0.25) is 0 Å². The Morgan fingerprint density at radius 3 is 2.65 bits per heavy atom. The highest BCUT2D eigenvalue weighted by molar-refractivity contribution is 5.59. The highest BCUT2D eigenvalue weighted by atomic mass is 16.2. The maximum Gasteiger partial charge on any atom is 0.101 e. The molecule has 1 aromatic carbocycles. The third kappa shape index (κ3) is 3.85. The van der Waals surface area contributed by atoms with E-state index in [1.54, 1.807) is 0 Å². The summed E-state index contributed by atoms with van der Waals surface area (Å²) >= 11 is 0. The van der Waals surface area contributed by atoms with Crippen molar-refractivity contribution >= 4 is 5.69 Å². The van der Waals surface area contributed by atoms with Crippen LogP contribution in [0.15, 0.2) is 24.3 Å². The first-order valence-corrected chi connectivity index (χ1v) is 8.91. The summed E-state index contributed by atoms with van der Waals surface area (Å²) in [6, 6.07) is 10.9. The number of hydrogen-bond acceptors (Lipinski definition) is 4. The SMILES string of the molecule is N#Cc1ccccc1N1CCC(N2CCC(CCCO)C2)CC1. The molecule has 2 fully saturated rings. The van der Waals surface area contributed by atoms with Crippen LogP contribution in [-0.2, 0) is 0 Å². The molecule has 0 spiro atoms. The monoisotopic (exact) mass is 313 g/mol. The first kappa shape index (κ1) is 16.3. The normalized spacial score (nSPS) is 23.1. The van der Waals surface area contributed by atoms with Gasteiger partial charge in [0.25, 0.3) is 0 Å². The smallest absolute Gasteiger partial charge is 0.101 e. The quantitative estimate of drug-likeness (QED) is 0.908. The predicted octanol–water partition coefficient (Wildman–Crippen LogP) is 2.62. The van der Waals surface area contributed by atoms with Crippen LogP contribution < -0.4 is 4.90 Å². The second-order valence-electron chi connectivity index (χ2n) is 6.86. The minimum Gasteiger partial charge on any atom is -0.396 e. The molecule has 0 aliphatic carbocycles. The van der Waals surface area contributed by atoms with Gasteiger partial charge in [-0.1, -0.05) is 12.1 Å². The summed E-state index contributed by atoms with van der Waals surface area (Å²) in [4.78, 5) is 5.03. The maximum atomic E-state index is 9.27. The minimum atomic E-state index is 0.327. The summed E-state index contributed by atoms with van der Waals surface area (Å²) in [5.41, 5.74) is 1.88. The van der Waals surface area contributed by atoms with Gasteiger partial charge < -0.3 is 10.0 Å². The van der Waals surface area contributed by atoms with Gasteiger partial charge >= 0.3 is 0 Å². The molecule has 124 valence electrons. The Balaban J connectivity index is 1.52.